The van der Waals surface area contributed by atoms with Crippen molar-refractivity contribution >= 4 is 5.69 Å². The first-order valence-electron chi connectivity index (χ1n) is 6.44. The number of hydrogen-bond donors (Lipinski definition) is 1. The Morgan fingerprint density at radius 2 is 2.00 bits per heavy atom. The van der Waals surface area contributed by atoms with Gasteiger partial charge in [-0.2, -0.15) is 0 Å². The van der Waals surface area contributed by atoms with Gasteiger partial charge in [0.1, 0.15) is 5.75 Å². The van der Waals surface area contributed by atoms with Gasteiger partial charge in [0.05, 0.1) is 13.7 Å². The standard InChI is InChI=1S/C14H22N2O2/c1-15-8-3-9-16(10-13(15)11-17)12-4-6-14(18-2)7-5-12/h4-7,13,17H,3,8-11H2,1-2H3. The van der Waals surface area contributed by atoms with Crippen LogP contribution in [0.3, 0.4) is 0 Å². The van der Waals surface area contributed by atoms with Crippen LogP contribution < -0.4 is 9.64 Å². The first kappa shape index (κ1) is 13.2. The van der Waals surface area contributed by atoms with Gasteiger partial charge in [-0.15, -0.1) is 0 Å². The molecule has 1 aliphatic rings. The number of aliphatic hydroxyl groups excluding tert-OH is 1. The van der Waals surface area contributed by atoms with E-state index in [2.05, 4.69) is 29.0 Å². The number of benzene rings is 1. The van der Waals surface area contributed by atoms with Gasteiger partial charge in [-0.05, 0) is 44.3 Å². The number of aliphatic hydroxyl groups is 1. The fraction of sp³-hybridized carbons (Fsp3) is 0.571. The van der Waals surface area contributed by atoms with Gasteiger partial charge in [-0.1, -0.05) is 0 Å². The van der Waals surface area contributed by atoms with Gasteiger partial charge in [-0.25, -0.2) is 0 Å². The van der Waals surface area contributed by atoms with E-state index >= 15 is 0 Å². The van der Waals surface area contributed by atoms with E-state index < -0.39 is 0 Å². The van der Waals surface area contributed by atoms with Gasteiger partial charge >= 0.3 is 0 Å². The highest BCUT2D eigenvalue weighted by molar-refractivity contribution is 5.49. The molecule has 1 aromatic rings. The molecule has 100 valence electrons. The molecule has 1 heterocycles. The molecule has 0 bridgehead atoms. The molecular weight excluding hydrogens is 228 g/mol. The van der Waals surface area contributed by atoms with Crippen molar-refractivity contribution < 1.29 is 9.84 Å². The first-order valence-corrected chi connectivity index (χ1v) is 6.44. The normalized spacial score (nSPS) is 21.7. The van der Waals surface area contributed by atoms with Gasteiger partial charge in [0.15, 0.2) is 0 Å². The van der Waals surface area contributed by atoms with Crippen molar-refractivity contribution in [3.63, 3.8) is 0 Å². The predicted molar refractivity (Wildman–Crippen MR) is 73.3 cm³/mol. The van der Waals surface area contributed by atoms with Crippen LogP contribution in [-0.4, -0.2) is 56.4 Å². The van der Waals surface area contributed by atoms with E-state index in [0.29, 0.717) is 0 Å². The lowest BCUT2D eigenvalue weighted by Crippen LogP contribution is -2.41. The fourth-order valence-corrected chi connectivity index (χ4v) is 2.40. The second-order valence-electron chi connectivity index (χ2n) is 4.81. The average molecular weight is 250 g/mol. The van der Waals surface area contributed by atoms with Gasteiger partial charge in [0, 0.05) is 24.8 Å². The van der Waals surface area contributed by atoms with Crippen LogP contribution >= 0.6 is 0 Å². The Morgan fingerprint density at radius 3 is 2.61 bits per heavy atom. The summed E-state index contributed by atoms with van der Waals surface area (Å²) in [7, 11) is 3.76. The van der Waals surface area contributed by atoms with Crippen molar-refractivity contribution in [2.75, 3.05) is 45.3 Å². The molecule has 1 atom stereocenters. The zero-order valence-electron chi connectivity index (χ0n) is 11.2. The number of methoxy groups -OCH3 is 1. The molecule has 2 rings (SSSR count). The molecule has 0 radical (unpaired) electrons. The Bertz CT molecular complexity index is 367. The van der Waals surface area contributed by atoms with Gasteiger partial charge < -0.3 is 14.7 Å². The van der Waals surface area contributed by atoms with Crippen molar-refractivity contribution in [3.05, 3.63) is 24.3 Å². The van der Waals surface area contributed by atoms with Gasteiger partial charge in [0.25, 0.3) is 0 Å². The van der Waals surface area contributed by atoms with Crippen LogP contribution in [0.25, 0.3) is 0 Å². The number of likely N-dealkylation sites (N-methyl/N-ethyl adjacent to an activating group) is 1. The molecule has 1 fully saturated rings. The zero-order chi connectivity index (χ0) is 13.0. The number of rotatable bonds is 3. The van der Waals surface area contributed by atoms with E-state index in [1.807, 2.05) is 12.1 Å². The lowest BCUT2D eigenvalue weighted by atomic mass is 10.2. The summed E-state index contributed by atoms with van der Waals surface area (Å²) in [6, 6.07) is 8.35. The second kappa shape index (κ2) is 6.07. The van der Waals surface area contributed by atoms with Crippen molar-refractivity contribution in [1.29, 1.82) is 0 Å². The minimum absolute atomic E-state index is 0.211. The minimum Gasteiger partial charge on any atom is -0.497 e. The highest BCUT2D eigenvalue weighted by Gasteiger charge is 2.21. The van der Waals surface area contributed by atoms with Crippen LogP contribution in [0.1, 0.15) is 6.42 Å². The van der Waals surface area contributed by atoms with Crippen molar-refractivity contribution in [3.8, 4) is 5.75 Å². The summed E-state index contributed by atoms with van der Waals surface area (Å²) in [4.78, 5) is 4.58. The summed E-state index contributed by atoms with van der Waals surface area (Å²) < 4.78 is 5.17. The van der Waals surface area contributed by atoms with Crippen LogP contribution in [0, 0.1) is 0 Å². The summed E-state index contributed by atoms with van der Waals surface area (Å²) in [5, 5.41) is 9.44. The van der Waals surface area contributed by atoms with E-state index in [1.54, 1.807) is 7.11 Å². The Balaban J connectivity index is 2.10. The van der Waals surface area contributed by atoms with Crippen LogP contribution in [0.2, 0.25) is 0 Å². The average Bonchev–Trinajstić information content (AvgIpc) is 2.60. The molecule has 0 saturated carbocycles. The molecule has 1 N–H and O–H groups in total. The lowest BCUT2D eigenvalue weighted by Gasteiger charge is -2.28. The molecular formula is C14H22N2O2. The number of nitrogens with zero attached hydrogens (tertiary/aromatic N) is 2. The molecule has 4 nitrogen and oxygen atoms in total. The molecule has 0 aromatic heterocycles. The summed E-state index contributed by atoms with van der Waals surface area (Å²) in [5.41, 5.74) is 1.20. The Kier molecular flexibility index (Phi) is 4.44. The Labute approximate surface area is 109 Å². The van der Waals surface area contributed by atoms with Gasteiger partial charge in [0.2, 0.25) is 0 Å². The number of anilines is 1. The van der Waals surface area contributed by atoms with Crippen LogP contribution in [-0.2, 0) is 0 Å². The minimum atomic E-state index is 0.211. The fourth-order valence-electron chi connectivity index (χ4n) is 2.40. The monoisotopic (exact) mass is 250 g/mol. The van der Waals surface area contributed by atoms with Crippen LogP contribution in [0.15, 0.2) is 24.3 Å². The molecule has 0 amide bonds. The van der Waals surface area contributed by atoms with Crippen molar-refractivity contribution in [1.82, 2.24) is 4.90 Å². The second-order valence-corrected chi connectivity index (χ2v) is 4.81. The quantitative estimate of drug-likeness (QED) is 0.874. The highest BCUT2D eigenvalue weighted by atomic mass is 16.5. The third-order valence-electron chi connectivity index (χ3n) is 3.64. The van der Waals surface area contributed by atoms with Crippen molar-refractivity contribution in [2.45, 2.75) is 12.5 Å². The maximum absolute atomic E-state index is 9.44. The SMILES string of the molecule is COc1ccc(N2CCCN(C)C(CO)C2)cc1. The van der Waals surface area contributed by atoms with E-state index in [1.165, 1.54) is 5.69 Å². The summed E-state index contributed by atoms with van der Waals surface area (Å²) in [6.07, 6.45) is 1.12. The summed E-state index contributed by atoms with van der Waals surface area (Å²) >= 11 is 0. The van der Waals surface area contributed by atoms with Crippen LogP contribution in [0.5, 0.6) is 5.75 Å². The predicted octanol–water partition coefficient (Wildman–Crippen LogP) is 1.20. The zero-order valence-corrected chi connectivity index (χ0v) is 11.2. The van der Waals surface area contributed by atoms with E-state index in [4.69, 9.17) is 4.74 Å². The molecule has 18 heavy (non-hydrogen) atoms. The molecule has 1 aromatic carbocycles. The molecule has 4 heteroatoms. The summed E-state index contributed by atoms with van der Waals surface area (Å²) in [5.74, 6) is 0.879. The number of hydrogen-bond acceptors (Lipinski definition) is 4. The Morgan fingerprint density at radius 1 is 1.28 bits per heavy atom. The number of ether oxygens (including phenoxy) is 1. The van der Waals surface area contributed by atoms with Crippen LogP contribution in [0.4, 0.5) is 5.69 Å². The smallest absolute Gasteiger partial charge is 0.119 e. The lowest BCUT2D eigenvalue weighted by molar-refractivity contribution is 0.159. The first-order chi connectivity index (χ1) is 8.74. The molecule has 1 aliphatic heterocycles. The Hall–Kier alpha value is -1.26. The summed E-state index contributed by atoms with van der Waals surface area (Å²) in [6.45, 7) is 3.16. The van der Waals surface area contributed by atoms with Crippen molar-refractivity contribution in [2.24, 2.45) is 0 Å². The maximum Gasteiger partial charge on any atom is 0.119 e. The van der Waals surface area contributed by atoms with E-state index in [0.717, 1.165) is 31.8 Å². The van der Waals surface area contributed by atoms with Gasteiger partial charge in [-0.3, -0.25) is 4.90 Å². The molecule has 0 aliphatic carbocycles. The van der Waals surface area contributed by atoms with E-state index in [-0.39, 0.29) is 12.6 Å². The highest BCUT2D eigenvalue weighted by Crippen LogP contribution is 2.21. The largest absolute Gasteiger partial charge is 0.497 e. The molecule has 1 unspecified atom stereocenters. The molecule has 1 saturated heterocycles. The van der Waals surface area contributed by atoms with E-state index in [9.17, 15) is 5.11 Å². The third-order valence-corrected chi connectivity index (χ3v) is 3.64. The molecule has 0 spiro atoms. The third kappa shape index (κ3) is 2.94. The topological polar surface area (TPSA) is 35.9 Å². The maximum atomic E-state index is 9.44.